The summed E-state index contributed by atoms with van der Waals surface area (Å²) in [4.78, 5) is 23.3. The molecule has 5 nitrogen and oxygen atoms in total. The first-order valence-electron chi connectivity index (χ1n) is 6.45. The summed E-state index contributed by atoms with van der Waals surface area (Å²) in [6.45, 7) is -0.892. The number of nitrogens with one attached hydrogen (secondary N) is 1. The van der Waals surface area contributed by atoms with Gasteiger partial charge in [-0.3, -0.25) is 4.79 Å². The van der Waals surface area contributed by atoms with E-state index in [1.54, 1.807) is 25.1 Å². The lowest BCUT2D eigenvalue weighted by molar-refractivity contribution is -0.176. The lowest BCUT2D eigenvalue weighted by atomic mass is 9.87. The second-order valence-corrected chi connectivity index (χ2v) is 4.59. The lowest BCUT2D eigenvalue weighted by Crippen LogP contribution is -2.52. The van der Waals surface area contributed by atoms with Gasteiger partial charge in [-0.1, -0.05) is 37.3 Å². The van der Waals surface area contributed by atoms with E-state index in [0.29, 0.717) is 5.56 Å². The zero-order valence-electron chi connectivity index (χ0n) is 11.8. The van der Waals surface area contributed by atoms with Crippen LogP contribution in [0.4, 0.5) is 13.2 Å². The van der Waals surface area contributed by atoms with Gasteiger partial charge in [0.2, 0.25) is 5.91 Å². The number of carboxylic acids is 1. The predicted octanol–water partition coefficient (Wildman–Crippen LogP) is 2.07. The van der Waals surface area contributed by atoms with Crippen LogP contribution >= 0.6 is 0 Å². The molecule has 0 fully saturated rings. The van der Waals surface area contributed by atoms with Gasteiger partial charge in [0.05, 0.1) is 0 Å². The topological polar surface area (TPSA) is 75.6 Å². The number of halogens is 3. The second kappa shape index (κ2) is 7.26. The highest BCUT2D eigenvalue weighted by Gasteiger charge is 2.40. The molecule has 1 rings (SSSR count). The molecule has 0 bridgehead atoms. The van der Waals surface area contributed by atoms with Gasteiger partial charge in [0.1, 0.15) is 13.2 Å². The normalized spacial score (nSPS) is 14.2. The molecular weight excluding hydrogens is 303 g/mol. The van der Waals surface area contributed by atoms with Crippen LogP contribution in [0.25, 0.3) is 0 Å². The molecule has 1 amide bonds. The standard InChI is InChI=1S/C14H16F3NO4/c1-2-13(12(20)21,10-6-4-3-5-7-10)18-11(19)8-22-9-14(15,16)17/h3-7H,2,8-9H2,1H3,(H,18,19)(H,20,21). The summed E-state index contributed by atoms with van der Waals surface area (Å²) in [6.07, 6.45) is -4.52. The number of benzene rings is 1. The van der Waals surface area contributed by atoms with Crippen molar-refractivity contribution in [1.29, 1.82) is 0 Å². The molecular formula is C14H16F3NO4. The third-order valence-corrected chi connectivity index (χ3v) is 3.01. The Morgan fingerprint density at radius 1 is 1.23 bits per heavy atom. The van der Waals surface area contributed by atoms with E-state index in [9.17, 15) is 27.9 Å². The summed E-state index contributed by atoms with van der Waals surface area (Å²) in [5.41, 5.74) is -1.38. The van der Waals surface area contributed by atoms with Crippen molar-refractivity contribution in [3.8, 4) is 0 Å². The van der Waals surface area contributed by atoms with Crippen molar-refractivity contribution in [2.75, 3.05) is 13.2 Å². The van der Waals surface area contributed by atoms with E-state index in [0.717, 1.165) is 0 Å². The number of carbonyl (C=O) groups is 2. The number of amides is 1. The van der Waals surface area contributed by atoms with Crippen LogP contribution in [0.1, 0.15) is 18.9 Å². The molecule has 0 spiro atoms. The van der Waals surface area contributed by atoms with E-state index >= 15 is 0 Å². The first-order valence-corrected chi connectivity index (χ1v) is 6.45. The maximum absolute atomic E-state index is 12.0. The van der Waals surface area contributed by atoms with Crippen LogP contribution in [0, 0.1) is 0 Å². The monoisotopic (exact) mass is 319 g/mol. The van der Waals surface area contributed by atoms with Gasteiger partial charge < -0.3 is 15.2 Å². The van der Waals surface area contributed by atoms with Crippen LogP contribution in [-0.2, 0) is 19.9 Å². The van der Waals surface area contributed by atoms with Crippen LogP contribution in [0.5, 0.6) is 0 Å². The van der Waals surface area contributed by atoms with Gasteiger partial charge >= 0.3 is 12.1 Å². The van der Waals surface area contributed by atoms with Crippen molar-refractivity contribution in [2.24, 2.45) is 0 Å². The number of carbonyl (C=O) groups excluding carboxylic acids is 1. The Bertz CT molecular complexity index is 519. The van der Waals surface area contributed by atoms with Crippen LogP contribution < -0.4 is 5.32 Å². The summed E-state index contributed by atoms with van der Waals surface area (Å²) in [5.74, 6) is -2.23. The van der Waals surface area contributed by atoms with Crippen molar-refractivity contribution in [1.82, 2.24) is 5.32 Å². The van der Waals surface area contributed by atoms with E-state index in [1.165, 1.54) is 12.1 Å². The fourth-order valence-electron chi connectivity index (χ4n) is 1.95. The summed E-state index contributed by atoms with van der Waals surface area (Å²) < 4.78 is 40.1. The maximum atomic E-state index is 12.0. The van der Waals surface area contributed by atoms with Crippen LogP contribution in [0.2, 0.25) is 0 Å². The first kappa shape index (κ1) is 18.0. The Labute approximate surface area is 125 Å². The van der Waals surface area contributed by atoms with Gasteiger partial charge in [-0.05, 0) is 12.0 Å². The van der Waals surface area contributed by atoms with Gasteiger partial charge in [-0.25, -0.2) is 4.79 Å². The second-order valence-electron chi connectivity index (χ2n) is 4.59. The molecule has 0 radical (unpaired) electrons. The van der Waals surface area contributed by atoms with Crippen molar-refractivity contribution in [3.63, 3.8) is 0 Å². The summed E-state index contributed by atoms with van der Waals surface area (Å²) in [7, 11) is 0. The van der Waals surface area contributed by atoms with Crippen LogP contribution in [-0.4, -0.2) is 36.4 Å². The molecule has 0 aromatic heterocycles. The van der Waals surface area contributed by atoms with Gasteiger partial charge in [0.15, 0.2) is 5.54 Å². The quantitative estimate of drug-likeness (QED) is 0.807. The number of hydrogen-bond acceptors (Lipinski definition) is 3. The fourth-order valence-corrected chi connectivity index (χ4v) is 1.95. The predicted molar refractivity (Wildman–Crippen MR) is 71.1 cm³/mol. The lowest BCUT2D eigenvalue weighted by Gasteiger charge is -2.30. The maximum Gasteiger partial charge on any atom is 0.411 e. The smallest absolute Gasteiger partial charge is 0.411 e. The highest BCUT2D eigenvalue weighted by molar-refractivity contribution is 5.88. The summed E-state index contributed by atoms with van der Waals surface area (Å²) >= 11 is 0. The number of carboxylic acid groups (broad SMARTS) is 1. The van der Waals surface area contributed by atoms with Crippen LogP contribution in [0.3, 0.4) is 0 Å². The number of aliphatic carboxylic acids is 1. The van der Waals surface area contributed by atoms with E-state index < -0.39 is 36.8 Å². The fraction of sp³-hybridized carbons (Fsp3) is 0.429. The number of ether oxygens (including phenoxy) is 1. The zero-order chi connectivity index (χ0) is 16.8. The molecule has 1 atom stereocenters. The third kappa shape index (κ3) is 4.73. The van der Waals surface area contributed by atoms with Crippen molar-refractivity contribution < 1.29 is 32.6 Å². The molecule has 0 heterocycles. The molecule has 0 aliphatic heterocycles. The van der Waals surface area contributed by atoms with Crippen molar-refractivity contribution in [3.05, 3.63) is 35.9 Å². The van der Waals surface area contributed by atoms with E-state index in [-0.39, 0.29) is 6.42 Å². The molecule has 0 saturated heterocycles. The molecule has 8 heteroatoms. The van der Waals surface area contributed by atoms with Crippen molar-refractivity contribution >= 4 is 11.9 Å². The molecule has 122 valence electrons. The van der Waals surface area contributed by atoms with Gasteiger partial charge in [-0.2, -0.15) is 13.2 Å². The Hall–Kier alpha value is -2.09. The molecule has 1 aromatic carbocycles. The number of hydrogen-bond donors (Lipinski definition) is 2. The van der Waals surface area contributed by atoms with Gasteiger partial charge in [-0.15, -0.1) is 0 Å². The largest absolute Gasteiger partial charge is 0.479 e. The average Bonchev–Trinajstić information content (AvgIpc) is 2.44. The summed E-state index contributed by atoms with van der Waals surface area (Å²) in [5, 5.41) is 11.7. The minimum atomic E-state index is -4.55. The molecule has 2 N–H and O–H groups in total. The van der Waals surface area contributed by atoms with E-state index in [1.807, 2.05) is 0 Å². The van der Waals surface area contributed by atoms with E-state index in [4.69, 9.17) is 0 Å². The molecule has 0 saturated carbocycles. The highest BCUT2D eigenvalue weighted by atomic mass is 19.4. The van der Waals surface area contributed by atoms with Gasteiger partial charge in [0.25, 0.3) is 0 Å². The number of rotatable bonds is 7. The first-order chi connectivity index (χ1) is 10.2. The zero-order valence-corrected chi connectivity index (χ0v) is 11.8. The molecule has 0 aliphatic rings. The summed E-state index contributed by atoms with van der Waals surface area (Å²) in [6, 6.07) is 7.94. The molecule has 0 aliphatic carbocycles. The van der Waals surface area contributed by atoms with Crippen LogP contribution in [0.15, 0.2) is 30.3 Å². The SMILES string of the molecule is CCC(NC(=O)COCC(F)(F)F)(C(=O)O)c1ccccc1. The number of alkyl halides is 3. The Morgan fingerprint density at radius 3 is 2.27 bits per heavy atom. The highest BCUT2D eigenvalue weighted by Crippen LogP contribution is 2.25. The Morgan fingerprint density at radius 2 is 1.82 bits per heavy atom. The van der Waals surface area contributed by atoms with Crippen molar-refractivity contribution in [2.45, 2.75) is 25.1 Å². The van der Waals surface area contributed by atoms with E-state index in [2.05, 4.69) is 10.1 Å². The van der Waals surface area contributed by atoms with Gasteiger partial charge in [0, 0.05) is 0 Å². The Balaban J connectivity index is 2.83. The third-order valence-electron chi connectivity index (χ3n) is 3.01. The Kier molecular flexibility index (Phi) is 5.92. The average molecular weight is 319 g/mol. The molecule has 1 unspecified atom stereocenters. The minimum absolute atomic E-state index is 0.0252. The minimum Gasteiger partial charge on any atom is -0.479 e. The molecule has 22 heavy (non-hydrogen) atoms. The molecule has 1 aromatic rings.